The third-order valence-electron chi connectivity index (χ3n) is 2.52. The Morgan fingerprint density at radius 1 is 1.50 bits per heavy atom. The van der Waals surface area contributed by atoms with Crippen LogP contribution in [0.15, 0.2) is 27.6 Å². The molecule has 1 aromatic carbocycles. The van der Waals surface area contributed by atoms with E-state index < -0.39 is 16.1 Å². The van der Waals surface area contributed by atoms with E-state index in [1.54, 1.807) is 19.1 Å². The largest absolute Gasteiger partial charge is 0.398 e. The van der Waals surface area contributed by atoms with Gasteiger partial charge in [-0.1, -0.05) is 15.9 Å². The molecule has 5 nitrogen and oxygen atoms in total. The number of nitrogens with two attached hydrogens (primary N) is 1. The van der Waals surface area contributed by atoms with Crippen molar-refractivity contribution in [1.82, 2.24) is 4.31 Å². The molecule has 1 atom stereocenters. The SMILES string of the molecule is CC(O)CCN(C)S(=O)(=O)c1ccc(Br)cc1N. The number of nitrogen functional groups attached to an aromatic ring is 1. The van der Waals surface area contributed by atoms with E-state index in [-0.39, 0.29) is 17.1 Å². The Morgan fingerprint density at radius 3 is 2.61 bits per heavy atom. The average molecular weight is 337 g/mol. The lowest BCUT2D eigenvalue weighted by Crippen LogP contribution is -2.30. The molecule has 0 saturated heterocycles. The number of nitrogens with zero attached hydrogens (tertiary/aromatic N) is 1. The molecule has 0 amide bonds. The second-order valence-corrected chi connectivity index (χ2v) is 7.08. The van der Waals surface area contributed by atoms with Crippen molar-refractivity contribution in [2.75, 3.05) is 19.3 Å². The maximum absolute atomic E-state index is 12.2. The van der Waals surface area contributed by atoms with Crippen molar-refractivity contribution in [3.05, 3.63) is 22.7 Å². The molecular formula is C11H17BrN2O3S. The number of benzene rings is 1. The van der Waals surface area contributed by atoms with Gasteiger partial charge >= 0.3 is 0 Å². The van der Waals surface area contributed by atoms with E-state index >= 15 is 0 Å². The Hall–Kier alpha value is -0.630. The van der Waals surface area contributed by atoms with Gasteiger partial charge in [-0.2, -0.15) is 0 Å². The third kappa shape index (κ3) is 3.68. The van der Waals surface area contributed by atoms with Gasteiger partial charge in [0.1, 0.15) is 4.90 Å². The number of aliphatic hydroxyl groups excluding tert-OH is 1. The lowest BCUT2D eigenvalue weighted by atomic mass is 10.3. The van der Waals surface area contributed by atoms with E-state index in [1.807, 2.05) is 0 Å². The summed E-state index contributed by atoms with van der Waals surface area (Å²) < 4.78 is 26.4. The fourth-order valence-electron chi connectivity index (χ4n) is 1.41. The van der Waals surface area contributed by atoms with E-state index in [9.17, 15) is 13.5 Å². The summed E-state index contributed by atoms with van der Waals surface area (Å²) in [4.78, 5) is 0.0822. The summed E-state index contributed by atoms with van der Waals surface area (Å²) in [6.45, 7) is 1.87. The molecule has 0 spiro atoms. The molecular weight excluding hydrogens is 320 g/mol. The minimum atomic E-state index is -3.61. The van der Waals surface area contributed by atoms with Gasteiger partial charge in [-0.3, -0.25) is 0 Å². The Bertz CT molecular complexity index is 517. The van der Waals surface area contributed by atoms with Crippen molar-refractivity contribution in [3.63, 3.8) is 0 Å². The number of halogens is 1. The molecule has 0 fully saturated rings. The molecule has 1 rings (SSSR count). The molecule has 18 heavy (non-hydrogen) atoms. The topological polar surface area (TPSA) is 83.6 Å². The number of anilines is 1. The van der Waals surface area contributed by atoms with Crippen LogP contribution in [0.25, 0.3) is 0 Å². The average Bonchev–Trinajstić information content (AvgIpc) is 2.24. The van der Waals surface area contributed by atoms with E-state index in [4.69, 9.17) is 5.73 Å². The molecule has 0 aliphatic carbocycles. The van der Waals surface area contributed by atoms with E-state index in [2.05, 4.69) is 15.9 Å². The number of hydrogen-bond acceptors (Lipinski definition) is 4. The Labute approximate surface area is 116 Å². The summed E-state index contributed by atoms with van der Waals surface area (Å²) in [7, 11) is -2.13. The van der Waals surface area contributed by atoms with Crippen molar-refractivity contribution in [2.45, 2.75) is 24.3 Å². The molecule has 1 aromatic rings. The first kappa shape index (κ1) is 15.4. The number of sulfonamides is 1. The van der Waals surface area contributed by atoms with Crippen LogP contribution in [0.5, 0.6) is 0 Å². The predicted molar refractivity (Wildman–Crippen MR) is 74.7 cm³/mol. The monoisotopic (exact) mass is 336 g/mol. The van der Waals surface area contributed by atoms with Crippen LogP contribution in [-0.2, 0) is 10.0 Å². The van der Waals surface area contributed by atoms with Gasteiger partial charge in [-0.15, -0.1) is 0 Å². The maximum atomic E-state index is 12.2. The normalized spacial score (nSPS) is 13.8. The molecule has 3 N–H and O–H groups in total. The standard InChI is InChI=1S/C11H17BrN2O3S/c1-8(15)5-6-14(2)18(16,17)11-4-3-9(12)7-10(11)13/h3-4,7-8,15H,5-6,13H2,1-2H3. The quantitative estimate of drug-likeness (QED) is 0.796. The van der Waals surface area contributed by atoms with Gasteiger partial charge in [-0.25, -0.2) is 12.7 Å². The van der Waals surface area contributed by atoms with Crippen molar-refractivity contribution < 1.29 is 13.5 Å². The minimum absolute atomic E-state index is 0.0822. The molecule has 0 aliphatic rings. The Morgan fingerprint density at radius 2 is 2.11 bits per heavy atom. The molecule has 102 valence electrons. The number of hydrogen-bond donors (Lipinski definition) is 2. The van der Waals surface area contributed by atoms with Gasteiger partial charge in [-0.05, 0) is 31.5 Å². The van der Waals surface area contributed by atoms with Gasteiger partial charge < -0.3 is 10.8 Å². The smallest absolute Gasteiger partial charge is 0.244 e. The molecule has 0 saturated carbocycles. The summed E-state index contributed by atoms with van der Waals surface area (Å²) >= 11 is 3.23. The zero-order valence-corrected chi connectivity index (χ0v) is 12.7. The first-order valence-corrected chi connectivity index (χ1v) is 7.68. The molecule has 7 heteroatoms. The third-order valence-corrected chi connectivity index (χ3v) is 4.95. The van der Waals surface area contributed by atoms with Crippen LogP contribution in [0, 0.1) is 0 Å². The highest BCUT2D eigenvalue weighted by atomic mass is 79.9. The molecule has 0 aromatic heterocycles. The van der Waals surface area contributed by atoms with Gasteiger partial charge in [0.05, 0.1) is 11.8 Å². The Kier molecular flexibility index (Phi) is 5.15. The highest BCUT2D eigenvalue weighted by Crippen LogP contribution is 2.25. The summed E-state index contributed by atoms with van der Waals surface area (Å²) in [5, 5.41) is 9.18. The molecule has 0 bridgehead atoms. The molecule has 1 unspecified atom stereocenters. The Balaban J connectivity index is 2.98. The molecule has 0 radical (unpaired) electrons. The lowest BCUT2D eigenvalue weighted by molar-refractivity contribution is 0.177. The maximum Gasteiger partial charge on any atom is 0.244 e. The van der Waals surface area contributed by atoms with E-state index in [0.717, 1.165) is 4.47 Å². The summed E-state index contributed by atoms with van der Waals surface area (Å²) in [5.41, 5.74) is 5.92. The zero-order valence-electron chi connectivity index (χ0n) is 10.3. The predicted octanol–water partition coefficient (Wildman–Crippen LogP) is 1.42. The summed E-state index contributed by atoms with van der Waals surface area (Å²) in [6, 6.07) is 4.65. The second kappa shape index (κ2) is 6.01. The van der Waals surface area contributed by atoms with Crippen molar-refractivity contribution in [2.24, 2.45) is 0 Å². The first-order chi connectivity index (χ1) is 8.25. The van der Waals surface area contributed by atoms with Crippen molar-refractivity contribution in [3.8, 4) is 0 Å². The van der Waals surface area contributed by atoms with Gasteiger partial charge in [0.25, 0.3) is 0 Å². The highest BCUT2D eigenvalue weighted by Gasteiger charge is 2.23. The lowest BCUT2D eigenvalue weighted by Gasteiger charge is -2.19. The zero-order chi connectivity index (χ0) is 13.9. The first-order valence-electron chi connectivity index (χ1n) is 5.44. The van der Waals surface area contributed by atoms with Crippen LogP contribution >= 0.6 is 15.9 Å². The highest BCUT2D eigenvalue weighted by molar-refractivity contribution is 9.10. The van der Waals surface area contributed by atoms with Crippen LogP contribution in [0.2, 0.25) is 0 Å². The van der Waals surface area contributed by atoms with Crippen molar-refractivity contribution >= 4 is 31.6 Å². The van der Waals surface area contributed by atoms with Crippen LogP contribution in [0.1, 0.15) is 13.3 Å². The number of aliphatic hydroxyl groups is 1. The van der Waals surface area contributed by atoms with E-state index in [0.29, 0.717) is 6.42 Å². The van der Waals surface area contributed by atoms with E-state index in [1.165, 1.54) is 17.4 Å². The fourth-order valence-corrected chi connectivity index (χ4v) is 3.07. The van der Waals surface area contributed by atoms with Gasteiger partial charge in [0.15, 0.2) is 0 Å². The number of rotatable bonds is 5. The molecule has 0 heterocycles. The summed E-state index contributed by atoms with van der Waals surface area (Å²) in [5.74, 6) is 0. The van der Waals surface area contributed by atoms with Gasteiger partial charge in [0.2, 0.25) is 10.0 Å². The van der Waals surface area contributed by atoms with Crippen LogP contribution < -0.4 is 5.73 Å². The fraction of sp³-hybridized carbons (Fsp3) is 0.455. The van der Waals surface area contributed by atoms with Crippen LogP contribution in [0.4, 0.5) is 5.69 Å². The van der Waals surface area contributed by atoms with Crippen LogP contribution in [-0.4, -0.2) is 37.5 Å². The van der Waals surface area contributed by atoms with Gasteiger partial charge in [0, 0.05) is 18.1 Å². The molecule has 0 aliphatic heterocycles. The minimum Gasteiger partial charge on any atom is -0.398 e. The van der Waals surface area contributed by atoms with Crippen molar-refractivity contribution in [1.29, 1.82) is 0 Å². The van der Waals surface area contributed by atoms with Crippen LogP contribution in [0.3, 0.4) is 0 Å². The summed E-state index contributed by atoms with van der Waals surface area (Å²) in [6.07, 6.45) is -0.156. The second-order valence-electron chi connectivity index (χ2n) is 4.15.